The van der Waals surface area contributed by atoms with Gasteiger partial charge in [0.25, 0.3) is 0 Å². The first kappa shape index (κ1) is 10.7. The largest absolute Gasteiger partial charge is 0.497 e. The van der Waals surface area contributed by atoms with Crippen LogP contribution in [0.4, 0.5) is 0 Å². The lowest BCUT2D eigenvalue weighted by atomic mass is 10.0. The quantitative estimate of drug-likeness (QED) is 0.668. The fourth-order valence-electron chi connectivity index (χ4n) is 1.27. The summed E-state index contributed by atoms with van der Waals surface area (Å²) in [5, 5.41) is 0. The Balaban J connectivity index is 2.86. The van der Waals surface area contributed by atoms with Gasteiger partial charge in [0.05, 0.1) is 19.6 Å². The summed E-state index contributed by atoms with van der Waals surface area (Å²) < 4.78 is 10.0. The third kappa shape index (κ3) is 2.57. The molecule has 3 heteroatoms. The summed E-state index contributed by atoms with van der Waals surface area (Å²) >= 11 is 0. The lowest BCUT2D eigenvalue weighted by molar-refractivity contribution is -0.110. The van der Waals surface area contributed by atoms with Crippen molar-refractivity contribution in [3.05, 3.63) is 29.8 Å². The van der Waals surface area contributed by atoms with Crippen LogP contribution >= 0.6 is 0 Å². The van der Waals surface area contributed by atoms with E-state index >= 15 is 0 Å². The van der Waals surface area contributed by atoms with Crippen LogP contribution < -0.4 is 4.74 Å². The van der Waals surface area contributed by atoms with Gasteiger partial charge in [0.2, 0.25) is 0 Å². The van der Waals surface area contributed by atoms with Gasteiger partial charge in [-0.1, -0.05) is 12.1 Å². The highest BCUT2D eigenvalue weighted by Crippen LogP contribution is 2.19. The van der Waals surface area contributed by atoms with Gasteiger partial charge in [-0.25, -0.2) is 0 Å². The molecule has 0 heterocycles. The molecule has 76 valence electrons. The molecule has 0 aliphatic carbocycles. The van der Waals surface area contributed by atoms with Crippen LogP contribution in [0.15, 0.2) is 24.3 Å². The van der Waals surface area contributed by atoms with Crippen molar-refractivity contribution in [2.75, 3.05) is 20.8 Å². The molecular formula is C11H14O3. The minimum Gasteiger partial charge on any atom is -0.497 e. The Hall–Kier alpha value is -1.35. The Morgan fingerprint density at radius 3 is 2.79 bits per heavy atom. The fraction of sp³-hybridized carbons (Fsp3) is 0.364. The zero-order chi connectivity index (χ0) is 10.4. The van der Waals surface area contributed by atoms with Gasteiger partial charge < -0.3 is 14.3 Å². The number of carbonyl (C=O) groups excluding carboxylic acids is 1. The van der Waals surface area contributed by atoms with Crippen molar-refractivity contribution in [2.24, 2.45) is 0 Å². The smallest absolute Gasteiger partial charge is 0.129 e. The number of rotatable bonds is 5. The minimum absolute atomic E-state index is 0.213. The lowest BCUT2D eigenvalue weighted by Gasteiger charge is -2.10. The zero-order valence-corrected chi connectivity index (χ0v) is 8.40. The molecule has 0 spiro atoms. The summed E-state index contributed by atoms with van der Waals surface area (Å²) in [5.74, 6) is 0.542. The first-order valence-corrected chi connectivity index (χ1v) is 4.40. The molecule has 0 aliphatic heterocycles. The van der Waals surface area contributed by atoms with Crippen molar-refractivity contribution < 1.29 is 14.3 Å². The second-order valence-corrected chi connectivity index (χ2v) is 2.97. The van der Waals surface area contributed by atoms with E-state index in [1.807, 2.05) is 24.3 Å². The van der Waals surface area contributed by atoms with Gasteiger partial charge in [-0.2, -0.15) is 0 Å². The molecule has 1 atom stereocenters. The van der Waals surface area contributed by atoms with Crippen LogP contribution in [0.1, 0.15) is 11.5 Å². The van der Waals surface area contributed by atoms with Gasteiger partial charge in [0.1, 0.15) is 12.0 Å². The summed E-state index contributed by atoms with van der Waals surface area (Å²) in [6.07, 6.45) is 0.887. The predicted molar refractivity (Wildman–Crippen MR) is 53.7 cm³/mol. The highest BCUT2D eigenvalue weighted by molar-refractivity contribution is 5.62. The van der Waals surface area contributed by atoms with E-state index in [-0.39, 0.29) is 5.92 Å². The molecule has 0 saturated carbocycles. The number of aldehydes is 1. The Kier molecular flexibility index (Phi) is 4.13. The number of ether oxygens (including phenoxy) is 2. The van der Waals surface area contributed by atoms with Crippen LogP contribution in [-0.4, -0.2) is 27.1 Å². The van der Waals surface area contributed by atoms with Crippen LogP contribution in [0.3, 0.4) is 0 Å². The third-order valence-corrected chi connectivity index (χ3v) is 2.03. The van der Waals surface area contributed by atoms with Gasteiger partial charge in [-0.15, -0.1) is 0 Å². The maximum atomic E-state index is 10.8. The molecule has 0 saturated heterocycles. The Morgan fingerprint density at radius 1 is 1.43 bits per heavy atom. The highest BCUT2D eigenvalue weighted by Gasteiger charge is 2.10. The minimum atomic E-state index is -0.213. The second-order valence-electron chi connectivity index (χ2n) is 2.97. The van der Waals surface area contributed by atoms with E-state index in [2.05, 4.69) is 0 Å². The molecule has 1 aromatic rings. The molecule has 1 aromatic carbocycles. The number of hydrogen-bond donors (Lipinski definition) is 0. The van der Waals surface area contributed by atoms with Crippen LogP contribution in [0, 0.1) is 0 Å². The summed E-state index contributed by atoms with van der Waals surface area (Å²) in [6, 6.07) is 7.44. The Bertz CT molecular complexity index is 296. The van der Waals surface area contributed by atoms with Gasteiger partial charge in [-0.05, 0) is 17.7 Å². The van der Waals surface area contributed by atoms with Crippen LogP contribution in [-0.2, 0) is 9.53 Å². The van der Waals surface area contributed by atoms with E-state index in [0.717, 1.165) is 17.6 Å². The number of hydrogen-bond acceptors (Lipinski definition) is 3. The average Bonchev–Trinajstić information content (AvgIpc) is 2.26. The molecule has 1 unspecified atom stereocenters. The maximum Gasteiger partial charge on any atom is 0.129 e. The van der Waals surface area contributed by atoms with E-state index < -0.39 is 0 Å². The van der Waals surface area contributed by atoms with E-state index in [0.29, 0.717) is 6.61 Å². The molecule has 1 rings (SSSR count). The van der Waals surface area contributed by atoms with E-state index in [1.54, 1.807) is 14.2 Å². The molecule has 0 amide bonds. The lowest BCUT2D eigenvalue weighted by Crippen LogP contribution is -2.07. The average molecular weight is 194 g/mol. The summed E-state index contributed by atoms with van der Waals surface area (Å²) in [6.45, 7) is 0.399. The fourth-order valence-corrected chi connectivity index (χ4v) is 1.27. The molecule has 0 bridgehead atoms. The topological polar surface area (TPSA) is 35.5 Å². The molecule has 0 aliphatic rings. The number of benzene rings is 1. The predicted octanol–water partition coefficient (Wildman–Crippen LogP) is 1.62. The molecule has 0 fully saturated rings. The van der Waals surface area contributed by atoms with Crippen molar-refractivity contribution >= 4 is 6.29 Å². The SMILES string of the molecule is COCC(C=O)c1cccc(OC)c1. The molecular weight excluding hydrogens is 180 g/mol. The van der Waals surface area contributed by atoms with Crippen molar-refractivity contribution in [3.63, 3.8) is 0 Å². The Morgan fingerprint density at radius 2 is 2.21 bits per heavy atom. The van der Waals surface area contributed by atoms with Crippen molar-refractivity contribution in [1.29, 1.82) is 0 Å². The zero-order valence-electron chi connectivity index (χ0n) is 8.40. The van der Waals surface area contributed by atoms with Crippen molar-refractivity contribution in [3.8, 4) is 5.75 Å². The van der Waals surface area contributed by atoms with E-state index in [9.17, 15) is 4.79 Å². The van der Waals surface area contributed by atoms with Gasteiger partial charge in [-0.3, -0.25) is 0 Å². The van der Waals surface area contributed by atoms with Gasteiger partial charge >= 0.3 is 0 Å². The molecule has 0 N–H and O–H groups in total. The molecule has 3 nitrogen and oxygen atoms in total. The number of methoxy groups -OCH3 is 2. The maximum absolute atomic E-state index is 10.8. The summed E-state index contributed by atoms with van der Waals surface area (Å²) in [4.78, 5) is 10.8. The van der Waals surface area contributed by atoms with Crippen LogP contribution in [0.5, 0.6) is 5.75 Å². The molecule has 14 heavy (non-hydrogen) atoms. The Labute approximate surface area is 83.6 Å². The van der Waals surface area contributed by atoms with Crippen LogP contribution in [0.2, 0.25) is 0 Å². The normalized spacial score (nSPS) is 12.1. The number of carbonyl (C=O) groups is 1. The third-order valence-electron chi connectivity index (χ3n) is 2.03. The van der Waals surface area contributed by atoms with Gasteiger partial charge in [0, 0.05) is 7.11 Å². The summed E-state index contributed by atoms with van der Waals surface area (Å²) in [7, 11) is 3.18. The van der Waals surface area contributed by atoms with E-state index in [1.165, 1.54) is 0 Å². The first-order valence-electron chi connectivity index (χ1n) is 4.40. The monoisotopic (exact) mass is 194 g/mol. The molecule has 0 radical (unpaired) electrons. The van der Waals surface area contributed by atoms with Crippen LogP contribution in [0.25, 0.3) is 0 Å². The van der Waals surface area contributed by atoms with Crippen molar-refractivity contribution in [2.45, 2.75) is 5.92 Å². The second kappa shape index (κ2) is 5.40. The standard InChI is InChI=1S/C11H14O3/c1-13-8-10(7-12)9-4-3-5-11(6-9)14-2/h3-7,10H,8H2,1-2H3. The highest BCUT2D eigenvalue weighted by atomic mass is 16.5. The van der Waals surface area contributed by atoms with Crippen molar-refractivity contribution in [1.82, 2.24) is 0 Å². The first-order chi connectivity index (χ1) is 6.81. The van der Waals surface area contributed by atoms with Gasteiger partial charge in [0.15, 0.2) is 0 Å². The summed E-state index contributed by atoms with van der Waals surface area (Å²) in [5.41, 5.74) is 0.918. The van der Waals surface area contributed by atoms with E-state index in [4.69, 9.17) is 9.47 Å². The molecule has 0 aromatic heterocycles.